The summed E-state index contributed by atoms with van der Waals surface area (Å²) in [7, 11) is 0. The van der Waals surface area contributed by atoms with E-state index in [1.807, 2.05) is 13.8 Å². The minimum Gasteiger partial charge on any atom is -0.507 e. The Morgan fingerprint density at radius 1 is 1.08 bits per heavy atom. The third kappa shape index (κ3) is 5.38. The largest absolute Gasteiger partial charge is 0.507 e. The summed E-state index contributed by atoms with van der Waals surface area (Å²) < 4.78 is 11.6. The molecular weight excluding hydrogens is 332 g/mol. The lowest BCUT2D eigenvalue weighted by Crippen LogP contribution is -2.40. The van der Waals surface area contributed by atoms with Gasteiger partial charge in [0.2, 0.25) is 0 Å². The van der Waals surface area contributed by atoms with Crippen molar-refractivity contribution in [1.82, 2.24) is 0 Å². The predicted molar refractivity (Wildman–Crippen MR) is 106 cm³/mol. The van der Waals surface area contributed by atoms with Gasteiger partial charge in [-0.3, -0.25) is 0 Å². The maximum atomic E-state index is 10.8. The van der Waals surface area contributed by atoms with Gasteiger partial charge in [-0.15, -0.1) is 11.8 Å². The van der Waals surface area contributed by atoms with Gasteiger partial charge in [-0.2, -0.15) is 0 Å². The minimum absolute atomic E-state index is 0.0994. The number of ether oxygens (including phenoxy) is 2. The second-order valence-corrected chi connectivity index (χ2v) is 10.5. The zero-order chi connectivity index (χ0) is 19.0. The number of aromatic hydroxyl groups is 1. The van der Waals surface area contributed by atoms with Crippen LogP contribution in [0.15, 0.2) is 17.0 Å². The van der Waals surface area contributed by atoms with Crippen LogP contribution < -0.4 is 0 Å². The van der Waals surface area contributed by atoms with Crippen molar-refractivity contribution in [3.63, 3.8) is 0 Å². The Balaban J connectivity index is 2.26. The molecule has 142 valence electrons. The highest BCUT2D eigenvalue weighted by molar-refractivity contribution is 7.99. The fraction of sp³-hybridized carbons (Fsp3) is 0.714. The monoisotopic (exact) mass is 366 g/mol. The van der Waals surface area contributed by atoms with E-state index < -0.39 is 5.79 Å². The fourth-order valence-electron chi connectivity index (χ4n) is 3.07. The van der Waals surface area contributed by atoms with Crippen molar-refractivity contribution in [3.05, 3.63) is 23.3 Å². The maximum absolute atomic E-state index is 10.8. The summed E-state index contributed by atoms with van der Waals surface area (Å²) in [5.41, 5.74) is 1.82. The molecule has 1 fully saturated rings. The first-order valence-corrected chi connectivity index (χ1v) is 10.1. The summed E-state index contributed by atoms with van der Waals surface area (Å²) in [5.74, 6) is 0.837. The van der Waals surface area contributed by atoms with Gasteiger partial charge in [-0.05, 0) is 43.2 Å². The van der Waals surface area contributed by atoms with E-state index >= 15 is 0 Å². The molecule has 0 bridgehead atoms. The van der Waals surface area contributed by atoms with Crippen LogP contribution in [-0.4, -0.2) is 29.4 Å². The molecule has 1 atom stereocenters. The summed E-state index contributed by atoms with van der Waals surface area (Å²) >= 11 is 1.81. The average Bonchev–Trinajstić information content (AvgIpc) is 2.42. The van der Waals surface area contributed by atoms with Crippen molar-refractivity contribution >= 4 is 11.8 Å². The van der Waals surface area contributed by atoms with E-state index in [1.165, 1.54) is 4.90 Å². The lowest BCUT2D eigenvalue weighted by molar-refractivity contribution is -0.267. The van der Waals surface area contributed by atoms with E-state index in [9.17, 15) is 5.11 Å². The highest BCUT2D eigenvalue weighted by Gasteiger charge is 2.30. The van der Waals surface area contributed by atoms with E-state index in [1.54, 1.807) is 11.8 Å². The van der Waals surface area contributed by atoms with E-state index in [4.69, 9.17) is 9.47 Å². The molecule has 1 saturated heterocycles. The van der Waals surface area contributed by atoms with Gasteiger partial charge in [0, 0.05) is 21.8 Å². The molecule has 0 spiro atoms. The van der Waals surface area contributed by atoms with Gasteiger partial charge in [0.05, 0.1) is 12.7 Å². The zero-order valence-electron chi connectivity index (χ0n) is 17.0. The Labute approximate surface area is 157 Å². The third-order valence-electron chi connectivity index (χ3n) is 4.48. The van der Waals surface area contributed by atoms with E-state index in [0.717, 1.165) is 29.9 Å². The second kappa shape index (κ2) is 7.13. The molecule has 4 heteroatoms. The molecule has 0 amide bonds. The van der Waals surface area contributed by atoms with Crippen LogP contribution in [0.4, 0.5) is 0 Å². The van der Waals surface area contributed by atoms with Gasteiger partial charge in [0.1, 0.15) is 5.75 Å². The van der Waals surface area contributed by atoms with Crippen molar-refractivity contribution in [2.45, 2.75) is 89.4 Å². The third-order valence-corrected chi connectivity index (χ3v) is 5.58. The Morgan fingerprint density at radius 2 is 1.60 bits per heavy atom. The average molecular weight is 367 g/mol. The summed E-state index contributed by atoms with van der Waals surface area (Å²) in [4.78, 5) is 1.19. The highest BCUT2D eigenvalue weighted by atomic mass is 32.2. The first kappa shape index (κ1) is 20.6. The molecule has 3 nitrogen and oxygen atoms in total. The molecule has 0 radical (unpaired) electrons. The molecule has 1 N–H and O–H groups in total. The molecule has 0 saturated carbocycles. The first-order valence-electron chi connectivity index (χ1n) is 9.12. The summed E-state index contributed by atoms with van der Waals surface area (Å²) in [6, 6.07) is 4.28. The van der Waals surface area contributed by atoms with Crippen LogP contribution in [-0.2, 0) is 20.3 Å². The Bertz CT molecular complexity index is 574. The van der Waals surface area contributed by atoms with Crippen LogP contribution in [0.3, 0.4) is 0 Å². The molecule has 25 heavy (non-hydrogen) atoms. The molecule has 0 aliphatic carbocycles. The van der Waals surface area contributed by atoms with Crippen molar-refractivity contribution in [1.29, 1.82) is 0 Å². The molecule has 0 aromatic heterocycles. The molecule has 0 unspecified atom stereocenters. The van der Waals surface area contributed by atoms with Gasteiger partial charge in [-0.25, -0.2) is 0 Å². The molecule has 1 aromatic carbocycles. The Hall–Kier alpha value is -0.710. The van der Waals surface area contributed by atoms with Crippen molar-refractivity contribution in [3.8, 4) is 5.75 Å². The number of phenols is 1. The van der Waals surface area contributed by atoms with Crippen molar-refractivity contribution in [2.24, 2.45) is 0 Å². The van der Waals surface area contributed by atoms with Crippen LogP contribution in [0.25, 0.3) is 0 Å². The number of benzene rings is 1. The SMILES string of the molecule is CC1(C)OCC[C@@H](CSc2cc(C(C)(C)C)c(O)c(C(C)(C)C)c2)O1. The van der Waals surface area contributed by atoms with Crippen LogP contribution in [0.5, 0.6) is 5.75 Å². The Morgan fingerprint density at radius 3 is 2.04 bits per heavy atom. The smallest absolute Gasteiger partial charge is 0.163 e. The standard InChI is InChI=1S/C21H34O3S/c1-19(2,3)16-11-15(12-17(18(16)22)20(4,5)6)25-13-14-9-10-23-21(7,8)24-14/h11-12,14,22H,9-10,13H2,1-8H3/t14-/m0/s1. The zero-order valence-corrected chi connectivity index (χ0v) is 17.8. The summed E-state index contributed by atoms with van der Waals surface area (Å²) in [5, 5.41) is 10.8. The summed E-state index contributed by atoms with van der Waals surface area (Å²) in [6.45, 7) is 17.6. The molecule has 1 aliphatic heterocycles. The number of rotatable bonds is 3. The van der Waals surface area contributed by atoms with Crippen LogP contribution >= 0.6 is 11.8 Å². The van der Waals surface area contributed by atoms with Crippen molar-refractivity contribution < 1.29 is 14.6 Å². The van der Waals surface area contributed by atoms with Crippen LogP contribution in [0, 0.1) is 0 Å². The molecule has 1 heterocycles. The number of thioether (sulfide) groups is 1. The Kier molecular flexibility index (Phi) is 5.87. The van der Waals surface area contributed by atoms with Gasteiger partial charge in [0.25, 0.3) is 0 Å². The van der Waals surface area contributed by atoms with Crippen LogP contribution in [0.2, 0.25) is 0 Å². The van der Waals surface area contributed by atoms with Gasteiger partial charge in [0.15, 0.2) is 5.79 Å². The fourth-order valence-corrected chi connectivity index (χ4v) is 4.09. The molecular formula is C21H34O3S. The maximum Gasteiger partial charge on any atom is 0.163 e. The summed E-state index contributed by atoms with van der Waals surface area (Å²) in [6.07, 6.45) is 1.12. The van der Waals surface area contributed by atoms with E-state index in [2.05, 4.69) is 53.7 Å². The van der Waals surface area contributed by atoms with E-state index in [0.29, 0.717) is 5.75 Å². The first-order chi connectivity index (χ1) is 11.3. The number of hydrogen-bond acceptors (Lipinski definition) is 4. The molecule has 2 rings (SSSR count). The van der Waals surface area contributed by atoms with Gasteiger partial charge >= 0.3 is 0 Å². The lowest BCUT2D eigenvalue weighted by Gasteiger charge is -2.36. The predicted octanol–water partition coefficient (Wildman–Crippen LogP) is 5.62. The molecule has 1 aliphatic rings. The van der Waals surface area contributed by atoms with Crippen molar-refractivity contribution in [2.75, 3.05) is 12.4 Å². The highest BCUT2D eigenvalue weighted by Crippen LogP contribution is 2.42. The topological polar surface area (TPSA) is 38.7 Å². The number of hydrogen-bond donors (Lipinski definition) is 1. The van der Waals surface area contributed by atoms with E-state index in [-0.39, 0.29) is 16.9 Å². The van der Waals surface area contributed by atoms with Gasteiger partial charge < -0.3 is 14.6 Å². The molecule has 1 aromatic rings. The number of phenolic OH excluding ortho intramolecular Hbond substituents is 1. The lowest BCUT2D eigenvalue weighted by atomic mass is 9.79. The minimum atomic E-state index is -0.494. The second-order valence-electron chi connectivity index (χ2n) is 9.45. The normalized spacial score (nSPS) is 21.4. The quantitative estimate of drug-likeness (QED) is 0.705. The van der Waals surface area contributed by atoms with Crippen LogP contribution in [0.1, 0.15) is 72.9 Å². The van der Waals surface area contributed by atoms with Gasteiger partial charge in [-0.1, -0.05) is 41.5 Å².